The number of aliphatic hydroxyl groups is 1. The van der Waals surface area contributed by atoms with Crippen molar-refractivity contribution >= 4 is 23.2 Å². The van der Waals surface area contributed by atoms with Gasteiger partial charge in [0.15, 0.2) is 0 Å². The molecule has 1 amide bonds. The molecule has 2 aromatic heterocycles. The molecule has 1 aromatic carbocycles. The molecule has 0 radical (unpaired) electrons. The van der Waals surface area contributed by atoms with Gasteiger partial charge in [0.05, 0.1) is 25.6 Å². The van der Waals surface area contributed by atoms with Gasteiger partial charge in [-0.15, -0.1) is 0 Å². The predicted octanol–water partition coefficient (Wildman–Crippen LogP) is 3.55. The molecule has 0 saturated carbocycles. The minimum Gasteiger partial charge on any atom is -0.481 e. The van der Waals surface area contributed by atoms with Gasteiger partial charge in [-0.3, -0.25) is 9.78 Å². The Balaban J connectivity index is 1.87. The van der Waals surface area contributed by atoms with Crippen LogP contribution >= 0.6 is 11.6 Å². The molecule has 0 atom stereocenters. The third-order valence-electron chi connectivity index (χ3n) is 3.72. The van der Waals surface area contributed by atoms with Crippen molar-refractivity contribution in [3.63, 3.8) is 0 Å². The first-order valence-corrected chi connectivity index (χ1v) is 8.14. The summed E-state index contributed by atoms with van der Waals surface area (Å²) in [6.07, 6.45) is 4.72. The van der Waals surface area contributed by atoms with Crippen molar-refractivity contribution in [1.29, 1.82) is 0 Å². The van der Waals surface area contributed by atoms with Crippen LogP contribution in [0, 0.1) is 0 Å². The maximum atomic E-state index is 12.5. The number of anilines is 1. The Labute approximate surface area is 155 Å². The smallest absolute Gasteiger partial charge is 0.255 e. The molecule has 0 fully saturated rings. The summed E-state index contributed by atoms with van der Waals surface area (Å²) in [5.74, 6) is 0.175. The van der Waals surface area contributed by atoms with Crippen LogP contribution < -0.4 is 10.1 Å². The predicted molar refractivity (Wildman–Crippen MR) is 99.3 cm³/mol. The van der Waals surface area contributed by atoms with E-state index in [2.05, 4.69) is 15.3 Å². The van der Waals surface area contributed by atoms with Crippen LogP contribution in [-0.2, 0) is 6.61 Å². The number of hydrogen-bond acceptors (Lipinski definition) is 5. The fourth-order valence-corrected chi connectivity index (χ4v) is 2.61. The lowest BCUT2D eigenvalue weighted by Crippen LogP contribution is -2.12. The normalized spacial score (nSPS) is 10.4. The summed E-state index contributed by atoms with van der Waals surface area (Å²) < 4.78 is 4.99. The number of carbonyl (C=O) groups excluding carboxylic acids is 1. The molecule has 2 N–H and O–H groups in total. The van der Waals surface area contributed by atoms with Crippen molar-refractivity contribution in [2.45, 2.75) is 6.61 Å². The minimum absolute atomic E-state index is 0.122. The highest BCUT2D eigenvalue weighted by Crippen LogP contribution is 2.29. The number of hydrogen-bond donors (Lipinski definition) is 2. The Morgan fingerprint density at radius 2 is 2.04 bits per heavy atom. The average Bonchev–Trinajstić information content (AvgIpc) is 2.69. The molecule has 2 heterocycles. The summed E-state index contributed by atoms with van der Waals surface area (Å²) in [7, 11) is 1.52. The topological polar surface area (TPSA) is 84.3 Å². The zero-order valence-electron chi connectivity index (χ0n) is 13.9. The second-order valence-electron chi connectivity index (χ2n) is 5.48. The van der Waals surface area contributed by atoms with Crippen molar-refractivity contribution in [2.24, 2.45) is 0 Å². The molecule has 3 aromatic rings. The summed E-state index contributed by atoms with van der Waals surface area (Å²) >= 11 is 6.28. The number of aliphatic hydroxyl groups excluding tert-OH is 1. The molecular formula is C19H16ClN3O3. The van der Waals surface area contributed by atoms with E-state index in [1.54, 1.807) is 48.8 Å². The maximum absolute atomic E-state index is 12.5. The van der Waals surface area contributed by atoms with Crippen LogP contribution in [0.2, 0.25) is 5.02 Å². The van der Waals surface area contributed by atoms with Gasteiger partial charge >= 0.3 is 0 Å². The number of pyridine rings is 2. The van der Waals surface area contributed by atoms with E-state index in [0.29, 0.717) is 33.3 Å². The number of ether oxygens (including phenoxy) is 1. The van der Waals surface area contributed by atoms with Crippen LogP contribution in [-0.4, -0.2) is 28.1 Å². The highest BCUT2D eigenvalue weighted by atomic mass is 35.5. The van der Waals surface area contributed by atoms with Crippen LogP contribution in [0.1, 0.15) is 15.9 Å². The first-order valence-electron chi connectivity index (χ1n) is 7.77. The number of benzene rings is 1. The van der Waals surface area contributed by atoms with E-state index in [-0.39, 0.29) is 12.5 Å². The second kappa shape index (κ2) is 7.95. The number of aromatic nitrogens is 2. The minimum atomic E-state index is -0.291. The van der Waals surface area contributed by atoms with E-state index in [4.69, 9.17) is 16.3 Å². The van der Waals surface area contributed by atoms with Gasteiger partial charge in [-0.2, -0.15) is 0 Å². The first kappa shape index (κ1) is 17.8. The molecule has 132 valence electrons. The summed E-state index contributed by atoms with van der Waals surface area (Å²) in [6, 6.07) is 10.1. The van der Waals surface area contributed by atoms with Gasteiger partial charge in [-0.25, -0.2) is 4.98 Å². The molecule has 0 aliphatic rings. The molecule has 6 nitrogen and oxygen atoms in total. The van der Waals surface area contributed by atoms with E-state index >= 15 is 0 Å². The van der Waals surface area contributed by atoms with Gasteiger partial charge in [0, 0.05) is 40.2 Å². The van der Waals surface area contributed by atoms with Crippen molar-refractivity contribution in [3.8, 4) is 17.0 Å². The third kappa shape index (κ3) is 3.99. The van der Waals surface area contributed by atoms with Gasteiger partial charge in [0.2, 0.25) is 5.88 Å². The zero-order valence-corrected chi connectivity index (χ0v) is 14.7. The van der Waals surface area contributed by atoms with E-state index in [0.717, 1.165) is 5.56 Å². The molecule has 0 spiro atoms. The van der Waals surface area contributed by atoms with Gasteiger partial charge < -0.3 is 15.2 Å². The molecule has 0 aliphatic heterocycles. The van der Waals surface area contributed by atoms with E-state index in [1.165, 1.54) is 13.3 Å². The summed E-state index contributed by atoms with van der Waals surface area (Å²) in [6.45, 7) is -0.122. The molecule has 7 heteroatoms. The maximum Gasteiger partial charge on any atom is 0.255 e. The number of halogens is 1. The number of nitrogens with one attached hydrogen (secondary N) is 1. The van der Waals surface area contributed by atoms with Crippen LogP contribution in [0.15, 0.2) is 55.0 Å². The van der Waals surface area contributed by atoms with Crippen molar-refractivity contribution < 1.29 is 14.6 Å². The Morgan fingerprint density at radius 3 is 2.73 bits per heavy atom. The quantitative estimate of drug-likeness (QED) is 0.718. The summed E-state index contributed by atoms with van der Waals surface area (Å²) in [5.41, 5.74) is 3.04. The number of methoxy groups -OCH3 is 1. The largest absolute Gasteiger partial charge is 0.481 e. The fraction of sp³-hybridized carbons (Fsp3) is 0.105. The molecule has 26 heavy (non-hydrogen) atoms. The third-order valence-corrected chi connectivity index (χ3v) is 4.05. The van der Waals surface area contributed by atoms with E-state index in [9.17, 15) is 9.90 Å². The number of carbonyl (C=O) groups is 1. The lowest BCUT2D eigenvalue weighted by Gasteiger charge is -2.10. The van der Waals surface area contributed by atoms with Gasteiger partial charge in [0.1, 0.15) is 0 Å². The Kier molecular flexibility index (Phi) is 5.46. The summed E-state index contributed by atoms with van der Waals surface area (Å²) in [5, 5.41) is 12.5. The molecular weight excluding hydrogens is 354 g/mol. The van der Waals surface area contributed by atoms with E-state index < -0.39 is 0 Å². The molecule has 0 saturated heterocycles. The zero-order chi connectivity index (χ0) is 18.5. The van der Waals surface area contributed by atoms with E-state index in [1.807, 2.05) is 0 Å². The molecule has 3 rings (SSSR count). The van der Waals surface area contributed by atoms with Crippen molar-refractivity contribution in [3.05, 3.63) is 71.1 Å². The van der Waals surface area contributed by atoms with Crippen LogP contribution in [0.3, 0.4) is 0 Å². The number of nitrogens with zero attached hydrogens (tertiary/aromatic N) is 2. The summed E-state index contributed by atoms with van der Waals surface area (Å²) in [4.78, 5) is 20.7. The van der Waals surface area contributed by atoms with Gasteiger partial charge in [0.25, 0.3) is 5.91 Å². The fourth-order valence-electron chi connectivity index (χ4n) is 2.39. The van der Waals surface area contributed by atoms with Crippen molar-refractivity contribution in [2.75, 3.05) is 12.4 Å². The molecule has 0 unspecified atom stereocenters. The second-order valence-corrected chi connectivity index (χ2v) is 5.89. The monoisotopic (exact) mass is 369 g/mol. The van der Waals surface area contributed by atoms with Crippen molar-refractivity contribution in [1.82, 2.24) is 9.97 Å². The van der Waals surface area contributed by atoms with Gasteiger partial charge in [-0.05, 0) is 35.9 Å². The standard InChI is InChI=1S/C19H16ClN3O3/c1-26-18-5-3-15(10-22-18)23-19(25)13-2-4-17(20)16(7-13)14-6-12(11-24)8-21-9-14/h2-10,24H,11H2,1H3,(H,23,25). The Morgan fingerprint density at radius 1 is 1.19 bits per heavy atom. The highest BCUT2D eigenvalue weighted by Gasteiger charge is 2.12. The Bertz CT molecular complexity index is 930. The number of amides is 1. The number of rotatable bonds is 5. The van der Waals surface area contributed by atoms with Gasteiger partial charge in [-0.1, -0.05) is 11.6 Å². The SMILES string of the molecule is COc1ccc(NC(=O)c2ccc(Cl)c(-c3cncc(CO)c3)c2)cn1. The highest BCUT2D eigenvalue weighted by molar-refractivity contribution is 6.33. The lowest BCUT2D eigenvalue weighted by atomic mass is 10.0. The van der Waals surface area contributed by atoms with Crippen LogP contribution in [0.5, 0.6) is 5.88 Å². The Hall–Kier alpha value is -2.96. The van der Waals surface area contributed by atoms with Crippen LogP contribution in [0.25, 0.3) is 11.1 Å². The first-order chi connectivity index (χ1) is 12.6. The molecule has 0 aliphatic carbocycles. The average molecular weight is 370 g/mol. The lowest BCUT2D eigenvalue weighted by molar-refractivity contribution is 0.102. The van der Waals surface area contributed by atoms with Crippen LogP contribution in [0.4, 0.5) is 5.69 Å². The molecule has 0 bridgehead atoms.